The first-order valence-electron chi connectivity index (χ1n) is 11.0. The molecule has 5 heteroatoms. The lowest BCUT2D eigenvalue weighted by molar-refractivity contribution is -0.120. The van der Waals surface area contributed by atoms with Gasteiger partial charge in [-0.15, -0.1) is 0 Å². The van der Waals surface area contributed by atoms with E-state index in [9.17, 15) is 4.79 Å². The molecule has 1 amide bonds. The standard InChI is InChI=1S/C25H33N3O2/c1-4-25(29)26-16-9-5-6-15-24-27-21-12-7-8-13-22(21)28(24)17-18-30-23-14-10-11-19(2)20(23)3/h7-8,10-14H,4-6,9,15-18H2,1-3H3,(H,26,29). The Morgan fingerprint density at radius 3 is 2.73 bits per heavy atom. The van der Waals surface area contributed by atoms with Crippen LogP contribution in [0.4, 0.5) is 0 Å². The van der Waals surface area contributed by atoms with Gasteiger partial charge in [0.05, 0.1) is 17.6 Å². The lowest BCUT2D eigenvalue weighted by atomic mass is 10.1. The topological polar surface area (TPSA) is 56.2 Å². The zero-order chi connectivity index (χ0) is 21.3. The Morgan fingerprint density at radius 1 is 1.07 bits per heavy atom. The molecule has 2 aromatic carbocycles. The van der Waals surface area contributed by atoms with Gasteiger partial charge in [0.2, 0.25) is 5.91 Å². The van der Waals surface area contributed by atoms with E-state index in [0.29, 0.717) is 13.0 Å². The van der Waals surface area contributed by atoms with Crippen LogP contribution in [0, 0.1) is 13.8 Å². The SMILES string of the molecule is CCC(=O)NCCCCCc1nc2ccccc2n1CCOc1cccc(C)c1C. The Morgan fingerprint density at radius 2 is 1.90 bits per heavy atom. The summed E-state index contributed by atoms with van der Waals surface area (Å²) in [6.07, 6.45) is 4.62. The van der Waals surface area contributed by atoms with Crippen molar-refractivity contribution in [3.05, 3.63) is 59.4 Å². The summed E-state index contributed by atoms with van der Waals surface area (Å²) >= 11 is 0. The minimum atomic E-state index is 0.126. The number of nitrogens with one attached hydrogen (secondary N) is 1. The maximum atomic E-state index is 11.3. The molecule has 0 aliphatic heterocycles. The lowest BCUT2D eigenvalue weighted by Gasteiger charge is -2.13. The Balaban J connectivity index is 1.59. The lowest BCUT2D eigenvalue weighted by Crippen LogP contribution is -2.23. The molecule has 3 aromatic rings. The van der Waals surface area contributed by atoms with Gasteiger partial charge in [-0.2, -0.15) is 0 Å². The van der Waals surface area contributed by atoms with Crippen molar-refractivity contribution in [3.8, 4) is 5.75 Å². The maximum Gasteiger partial charge on any atom is 0.219 e. The summed E-state index contributed by atoms with van der Waals surface area (Å²) in [5, 5.41) is 2.94. The number of para-hydroxylation sites is 2. The first kappa shape index (κ1) is 21.9. The maximum absolute atomic E-state index is 11.3. The molecule has 0 spiro atoms. The van der Waals surface area contributed by atoms with Crippen molar-refractivity contribution in [2.45, 2.75) is 59.4 Å². The number of carbonyl (C=O) groups is 1. The van der Waals surface area contributed by atoms with E-state index in [0.717, 1.165) is 61.4 Å². The molecule has 1 heterocycles. The van der Waals surface area contributed by atoms with Crippen LogP contribution in [-0.2, 0) is 17.8 Å². The van der Waals surface area contributed by atoms with E-state index in [2.05, 4.69) is 48.0 Å². The summed E-state index contributed by atoms with van der Waals surface area (Å²) in [7, 11) is 0. The van der Waals surface area contributed by atoms with Crippen LogP contribution < -0.4 is 10.1 Å². The van der Waals surface area contributed by atoms with Gasteiger partial charge in [0.15, 0.2) is 0 Å². The van der Waals surface area contributed by atoms with E-state index in [-0.39, 0.29) is 5.91 Å². The van der Waals surface area contributed by atoms with Crippen molar-refractivity contribution in [3.63, 3.8) is 0 Å². The molecule has 0 aliphatic rings. The summed E-state index contributed by atoms with van der Waals surface area (Å²) in [5.41, 5.74) is 4.64. The van der Waals surface area contributed by atoms with Crippen LogP contribution in [0.2, 0.25) is 0 Å². The number of unbranched alkanes of at least 4 members (excludes halogenated alkanes) is 2. The number of carbonyl (C=O) groups excluding carboxylic acids is 1. The first-order chi connectivity index (χ1) is 14.6. The molecule has 5 nitrogen and oxygen atoms in total. The van der Waals surface area contributed by atoms with E-state index in [1.54, 1.807) is 0 Å². The fourth-order valence-corrected chi connectivity index (χ4v) is 3.63. The van der Waals surface area contributed by atoms with Gasteiger partial charge in [0.25, 0.3) is 0 Å². The van der Waals surface area contributed by atoms with E-state index >= 15 is 0 Å². The van der Waals surface area contributed by atoms with Gasteiger partial charge >= 0.3 is 0 Å². The van der Waals surface area contributed by atoms with Crippen molar-refractivity contribution >= 4 is 16.9 Å². The van der Waals surface area contributed by atoms with Crippen LogP contribution in [0.1, 0.15) is 49.6 Å². The Hall–Kier alpha value is -2.82. The number of aromatic nitrogens is 2. The van der Waals surface area contributed by atoms with Crippen molar-refractivity contribution < 1.29 is 9.53 Å². The molecule has 0 aliphatic carbocycles. The second-order valence-corrected chi connectivity index (χ2v) is 7.73. The minimum Gasteiger partial charge on any atom is -0.491 e. The highest BCUT2D eigenvalue weighted by Gasteiger charge is 2.11. The number of rotatable bonds is 11. The molecule has 0 bridgehead atoms. The highest BCUT2D eigenvalue weighted by molar-refractivity contribution is 5.76. The summed E-state index contributed by atoms with van der Waals surface area (Å²) in [4.78, 5) is 16.2. The quantitative estimate of drug-likeness (QED) is 0.457. The third kappa shape index (κ3) is 5.62. The summed E-state index contributed by atoms with van der Waals surface area (Å²) in [5.74, 6) is 2.19. The molecule has 0 atom stereocenters. The summed E-state index contributed by atoms with van der Waals surface area (Å²) < 4.78 is 8.39. The molecule has 160 valence electrons. The Kier molecular flexibility index (Phi) is 7.89. The highest BCUT2D eigenvalue weighted by Crippen LogP contribution is 2.22. The molecule has 1 N–H and O–H groups in total. The largest absolute Gasteiger partial charge is 0.491 e. The predicted molar refractivity (Wildman–Crippen MR) is 122 cm³/mol. The zero-order valence-corrected chi connectivity index (χ0v) is 18.4. The second-order valence-electron chi connectivity index (χ2n) is 7.73. The van der Waals surface area contributed by atoms with Gasteiger partial charge in [0, 0.05) is 19.4 Å². The third-order valence-electron chi connectivity index (χ3n) is 5.58. The number of ether oxygens (including phenoxy) is 1. The van der Waals surface area contributed by atoms with Gasteiger partial charge in [-0.25, -0.2) is 4.98 Å². The van der Waals surface area contributed by atoms with Crippen LogP contribution in [0.25, 0.3) is 11.0 Å². The smallest absolute Gasteiger partial charge is 0.219 e. The first-order valence-corrected chi connectivity index (χ1v) is 11.0. The molecule has 1 aromatic heterocycles. The summed E-state index contributed by atoms with van der Waals surface area (Å²) in [6, 6.07) is 14.5. The van der Waals surface area contributed by atoms with Crippen molar-refractivity contribution in [2.24, 2.45) is 0 Å². The van der Waals surface area contributed by atoms with E-state index in [1.807, 2.05) is 25.1 Å². The Bertz CT molecular complexity index is 978. The number of aryl methyl sites for hydroxylation is 2. The molecular formula is C25H33N3O2. The van der Waals surface area contributed by atoms with E-state index in [4.69, 9.17) is 9.72 Å². The number of hydrogen-bond donors (Lipinski definition) is 1. The van der Waals surface area contributed by atoms with Crippen LogP contribution in [0.5, 0.6) is 5.75 Å². The molecule has 0 fully saturated rings. The average Bonchev–Trinajstić information content (AvgIpc) is 3.11. The molecular weight excluding hydrogens is 374 g/mol. The molecule has 30 heavy (non-hydrogen) atoms. The predicted octanol–water partition coefficient (Wildman–Crippen LogP) is 4.97. The monoisotopic (exact) mass is 407 g/mol. The van der Waals surface area contributed by atoms with Crippen molar-refractivity contribution in [2.75, 3.05) is 13.2 Å². The number of hydrogen-bond acceptors (Lipinski definition) is 3. The van der Waals surface area contributed by atoms with Crippen LogP contribution in [-0.4, -0.2) is 28.6 Å². The van der Waals surface area contributed by atoms with Gasteiger partial charge in [0.1, 0.15) is 18.2 Å². The number of benzene rings is 2. The number of nitrogens with zero attached hydrogens (tertiary/aromatic N) is 2. The zero-order valence-electron chi connectivity index (χ0n) is 18.4. The van der Waals surface area contributed by atoms with Gasteiger partial charge < -0.3 is 14.6 Å². The fourth-order valence-electron chi connectivity index (χ4n) is 3.63. The second kappa shape index (κ2) is 10.8. The van der Waals surface area contributed by atoms with Crippen LogP contribution in [0.3, 0.4) is 0 Å². The molecule has 0 radical (unpaired) electrons. The van der Waals surface area contributed by atoms with Gasteiger partial charge in [-0.05, 0) is 56.0 Å². The van der Waals surface area contributed by atoms with Gasteiger partial charge in [-0.3, -0.25) is 4.79 Å². The number of amides is 1. The fraction of sp³-hybridized carbons (Fsp3) is 0.440. The number of fused-ring (bicyclic) bond motifs is 1. The molecule has 0 saturated heterocycles. The van der Waals surface area contributed by atoms with Gasteiger partial charge in [-0.1, -0.05) is 37.6 Å². The average molecular weight is 408 g/mol. The van der Waals surface area contributed by atoms with E-state index < -0.39 is 0 Å². The molecule has 0 saturated carbocycles. The van der Waals surface area contributed by atoms with Crippen LogP contribution >= 0.6 is 0 Å². The Labute approximate surface area is 179 Å². The van der Waals surface area contributed by atoms with Crippen molar-refractivity contribution in [1.82, 2.24) is 14.9 Å². The highest BCUT2D eigenvalue weighted by atomic mass is 16.5. The van der Waals surface area contributed by atoms with Crippen LogP contribution in [0.15, 0.2) is 42.5 Å². The van der Waals surface area contributed by atoms with E-state index in [1.165, 1.54) is 11.1 Å². The third-order valence-corrected chi connectivity index (χ3v) is 5.58. The van der Waals surface area contributed by atoms with Crippen molar-refractivity contribution in [1.29, 1.82) is 0 Å². The minimum absolute atomic E-state index is 0.126. The normalized spacial score (nSPS) is 11.0. The number of imidazole rings is 1. The summed E-state index contributed by atoms with van der Waals surface area (Å²) in [6.45, 7) is 8.23. The molecule has 0 unspecified atom stereocenters. The molecule has 3 rings (SSSR count).